The maximum atomic E-state index is 11.7. The number of halogens is 1. The number of amides is 1. The summed E-state index contributed by atoms with van der Waals surface area (Å²) in [7, 11) is 0. The lowest BCUT2D eigenvalue weighted by molar-refractivity contribution is -0.118. The van der Waals surface area contributed by atoms with Gasteiger partial charge < -0.3 is 4.74 Å². The topological polar surface area (TPSA) is 75.0 Å². The molecule has 0 saturated carbocycles. The maximum absolute atomic E-state index is 11.7. The summed E-state index contributed by atoms with van der Waals surface area (Å²) >= 11 is 6.05. The summed E-state index contributed by atoms with van der Waals surface area (Å²) in [5.74, 6) is -0.0350. The zero-order valence-electron chi connectivity index (χ0n) is 15.3. The molecule has 0 fully saturated rings. The second-order valence-corrected chi connectivity index (χ2v) is 7.07. The van der Waals surface area contributed by atoms with E-state index in [1.807, 2.05) is 43.3 Å². The molecule has 6 heteroatoms. The van der Waals surface area contributed by atoms with E-state index in [-0.39, 0.29) is 11.8 Å². The Morgan fingerprint density at radius 1 is 1.18 bits per heavy atom. The molecule has 0 spiro atoms. The Labute approximate surface area is 167 Å². The summed E-state index contributed by atoms with van der Waals surface area (Å²) in [6, 6.07) is 17.3. The molecule has 2 heterocycles. The molecular formula is C22H16ClN3O2. The van der Waals surface area contributed by atoms with E-state index in [4.69, 9.17) is 16.3 Å². The second-order valence-electron chi connectivity index (χ2n) is 6.63. The van der Waals surface area contributed by atoms with Crippen molar-refractivity contribution < 1.29 is 9.53 Å². The van der Waals surface area contributed by atoms with Gasteiger partial charge in [0.1, 0.15) is 17.2 Å². The van der Waals surface area contributed by atoms with Gasteiger partial charge in [-0.1, -0.05) is 41.9 Å². The van der Waals surface area contributed by atoms with Gasteiger partial charge in [-0.15, -0.1) is 0 Å². The van der Waals surface area contributed by atoms with Crippen LogP contribution >= 0.6 is 11.6 Å². The number of nitrogens with one attached hydrogen (secondary N) is 1. The molecule has 5 nitrogen and oxygen atoms in total. The van der Waals surface area contributed by atoms with Crippen LogP contribution in [0.5, 0.6) is 5.75 Å². The summed E-state index contributed by atoms with van der Waals surface area (Å²) in [4.78, 5) is 16.4. The highest BCUT2D eigenvalue weighted by Gasteiger charge is 2.33. The molecule has 4 rings (SSSR count). The van der Waals surface area contributed by atoms with E-state index in [0.717, 1.165) is 22.2 Å². The number of aromatic nitrogens is 1. The van der Waals surface area contributed by atoms with E-state index in [1.54, 1.807) is 12.1 Å². The summed E-state index contributed by atoms with van der Waals surface area (Å²) in [5.41, 5.74) is 3.57. The lowest BCUT2D eigenvalue weighted by atomic mass is 9.83. The van der Waals surface area contributed by atoms with Gasteiger partial charge in [0.05, 0.1) is 5.92 Å². The zero-order chi connectivity index (χ0) is 19.8. The van der Waals surface area contributed by atoms with Crippen molar-refractivity contribution in [3.8, 4) is 11.8 Å². The third kappa shape index (κ3) is 3.08. The van der Waals surface area contributed by atoms with Crippen molar-refractivity contribution in [3.63, 3.8) is 0 Å². The highest BCUT2D eigenvalue weighted by molar-refractivity contribution is 6.30. The van der Waals surface area contributed by atoms with Crippen LogP contribution in [0, 0.1) is 18.3 Å². The monoisotopic (exact) mass is 389 g/mol. The first kappa shape index (κ1) is 18.0. The number of rotatable bonds is 2. The molecule has 1 aliphatic heterocycles. The SMILES string of the molecule is CC(=O)NC1=C(C#N)C(c2ccc(Cl)cc2)c2ccc3ccc(C)nc3c2O1. The number of nitrogens with zero attached hydrogens (tertiary/aromatic N) is 2. The van der Waals surface area contributed by atoms with E-state index in [9.17, 15) is 10.1 Å². The average Bonchev–Trinajstić information content (AvgIpc) is 2.67. The van der Waals surface area contributed by atoms with Gasteiger partial charge in [0, 0.05) is 28.6 Å². The summed E-state index contributed by atoms with van der Waals surface area (Å²) in [6.07, 6.45) is 0. The molecule has 0 bridgehead atoms. The van der Waals surface area contributed by atoms with Gasteiger partial charge in [0.25, 0.3) is 0 Å². The first-order valence-electron chi connectivity index (χ1n) is 8.73. The minimum Gasteiger partial charge on any atom is -0.437 e. The number of fused-ring (bicyclic) bond motifs is 3. The van der Waals surface area contributed by atoms with Gasteiger partial charge in [0.15, 0.2) is 5.75 Å². The van der Waals surface area contributed by atoms with Crippen molar-refractivity contribution in [1.82, 2.24) is 10.3 Å². The summed E-state index contributed by atoms with van der Waals surface area (Å²) in [6.45, 7) is 3.29. The molecule has 1 unspecified atom stereocenters. The maximum Gasteiger partial charge on any atom is 0.223 e. The highest BCUT2D eigenvalue weighted by Crippen LogP contribution is 2.45. The van der Waals surface area contributed by atoms with E-state index in [2.05, 4.69) is 16.4 Å². The summed E-state index contributed by atoms with van der Waals surface area (Å²) < 4.78 is 6.03. The largest absolute Gasteiger partial charge is 0.437 e. The van der Waals surface area contributed by atoms with Crippen LogP contribution in [0.3, 0.4) is 0 Å². The van der Waals surface area contributed by atoms with Crippen LogP contribution in [0.15, 0.2) is 60.0 Å². The molecule has 0 radical (unpaired) electrons. The Balaban J connectivity index is 2.01. The van der Waals surface area contributed by atoms with Crippen LogP contribution in [0.25, 0.3) is 10.9 Å². The molecular weight excluding hydrogens is 374 g/mol. The number of benzene rings is 2. The fraction of sp³-hybridized carbons (Fsp3) is 0.136. The van der Waals surface area contributed by atoms with Gasteiger partial charge in [-0.25, -0.2) is 4.98 Å². The number of aryl methyl sites for hydroxylation is 1. The normalized spacial score (nSPS) is 15.6. The van der Waals surface area contributed by atoms with Crippen LogP contribution < -0.4 is 10.1 Å². The first-order valence-corrected chi connectivity index (χ1v) is 9.11. The van der Waals surface area contributed by atoms with E-state index in [0.29, 0.717) is 21.9 Å². The molecule has 1 atom stereocenters. The fourth-order valence-electron chi connectivity index (χ4n) is 3.42. The van der Waals surface area contributed by atoms with E-state index < -0.39 is 5.92 Å². The van der Waals surface area contributed by atoms with Crippen molar-refractivity contribution in [3.05, 3.63) is 81.8 Å². The molecule has 0 aliphatic carbocycles. The smallest absolute Gasteiger partial charge is 0.223 e. The number of carbonyl (C=O) groups is 1. The molecule has 1 aliphatic rings. The van der Waals surface area contributed by atoms with Gasteiger partial charge in [-0.3, -0.25) is 10.1 Å². The van der Waals surface area contributed by atoms with Crippen molar-refractivity contribution in [2.24, 2.45) is 0 Å². The second kappa shape index (κ2) is 6.99. The van der Waals surface area contributed by atoms with E-state index >= 15 is 0 Å². The minimum absolute atomic E-state index is 0.137. The number of hydrogen-bond donors (Lipinski definition) is 1. The molecule has 3 aromatic rings. The molecule has 1 amide bonds. The highest BCUT2D eigenvalue weighted by atomic mass is 35.5. The Bertz CT molecular complexity index is 1180. The Morgan fingerprint density at radius 2 is 1.89 bits per heavy atom. The lowest BCUT2D eigenvalue weighted by Gasteiger charge is -2.28. The van der Waals surface area contributed by atoms with Crippen molar-refractivity contribution in [2.75, 3.05) is 0 Å². The number of pyridine rings is 1. The van der Waals surface area contributed by atoms with Crippen LogP contribution in [-0.4, -0.2) is 10.9 Å². The predicted molar refractivity (Wildman–Crippen MR) is 107 cm³/mol. The van der Waals surface area contributed by atoms with Crippen LogP contribution in [-0.2, 0) is 4.79 Å². The number of carbonyl (C=O) groups excluding carboxylic acids is 1. The van der Waals surface area contributed by atoms with Crippen molar-refractivity contribution >= 4 is 28.4 Å². The fourth-order valence-corrected chi connectivity index (χ4v) is 3.55. The number of nitriles is 1. The third-order valence-corrected chi connectivity index (χ3v) is 4.90. The predicted octanol–water partition coefficient (Wildman–Crippen LogP) is 4.59. The lowest BCUT2D eigenvalue weighted by Crippen LogP contribution is -2.29. The standard InChI is InChI=1S/C22H16ClN3O2/c1-12-3-4-15-7-10-17-19(14-5-8-16(23)9-6-14)18(11-24)22(26-13(2)27)28-21(17)20(15)25-12/h3-10,19H,1-2H3,(H,26,27). The number of hydrogen-bond acceptors (Lipinski definition) is 4. The quantitative estimate of drug-likeness (QED) is 0.695. The van der Waals surface area contributed by atoms with Gasteiger partial charge in [-0.05, 0) is 30.7 Å². The molecule has 0 saturated heterocycles. The first-order chi connectivity index (χ1) is 13.5. The third-order valence-electron chi connectivity index (χ3n) is 4.65. The molecule has 28 heavy (non-hydrogen) atoms. The number of ether oxygens (including phenoxy) is 1. The minimum atomic E-state index is -0.403. The van der Waals surface area contributed by atoms with Crippen molar-refractivity contribution in [2.45, 2.75) is 19.8 Å². The van der Waals surface area contributed by atoms with Crippen LogP contribution in [0.1, 0.15) is 29.7 Å². The molecule has 1 aromatic heterocycles. The van der Waals surface area contributed by atoms with Gasteiger partial charge >= 0.3 is 0 Å². The van der Waals surface area contributed by atoms with Gasteiger partial charge in [0.2, 0.25) is 11.8 Å². The molecule has 1 N–H and O–H groups in total. The van der Waals surface area contributed by atoms with Crippen LogP contribution in [0.4, 0.5) is 0 Å². The van der Waals surface area contributed by atoms with Crippen molar-refractivity contribution in [1.29, 1.82) is 5.26 Å². The average molecular weight is 390 g/mol. The van der Waals surface area contributed by atoms with E-state index in [1.165, 1.54) is 6.92 Å². The molecule has 2 aromatic carbocycles. The Kier molecular flexibility index (Phi) is 4.50. The number of allylic oxidation sites excluding steroid dienone is 1. The Morgan fingerprint density at radius 3 is 2.57 bits per heavy atom. The van der Waals surface area contributed by atoms with Crippen LogP contribution in [0.2, 0.25) is 5.02 Å². The zero-order valence-corrected chi connectivity index (χ0v) is 16.0. The van der Waals surface area contributed by atoms with Gasteiger partial charge in [-0.2, -0.15) is 5.26 Å². The Hall–Kier alpha value is -3.36. The summed E-state index contributed by atoms with van der Waals surface area (Å²) in [5, 5.41) is 14.0. The molecule has 138 valence electrons.